The molecule has 2 aliphatic rings. The highest BCUT2D eigenvalue weighted by Crippen LogP contribution is 2.34. The van der Waals surface area contributed by atoms with E-state index in [9.17, 15) is 0 Å². The van der Waals surface area contributed by atoms with Gasteiger partial charge in [-0.3, -0.25) is 4.98 Å². The molecule has 8 nitrogen and oxygen atoms in total. The Kier molecular flexibility index (Phi) is 6.76. The molecule has 34 heavy (non-hydrogen) atoms. The van der Waals surface area contributed by atoms with Gasteiger partial charge in [-0.05, 0) is 51.0 Å². The predicted octanol–water partition coefficient (Wildman–Crippen LogP) is 3.81. The van der Waals surface area contributed by atoms with Crippen LogP contribution in [-0.2, 0) is 11.2 Å². The van der Waals surface area contributed by atoms with E-state index >= 15 is 0 Å². The van der Waals surface area contributed by atoms with Gasteiger partial charge in [-0.1, -0.05) is 0 Å². The fourth-order valence-corrected chi connectivity index (χ4v) is 5.00. The van der Waals surface area contributed by atoms with Gasteiger partial charge in [-0.15, -0.1) is 0 Å². The number of ether oxygens (including phenoxy) is 2. The maximum absolute atomic E-state index is 6.58. The average Bonchev–Trinajstić information content (AvgIpc) is 2.85. The Balaban J connectivity index is 1.26. The molecule has 0 amide bonds. The van der Waals surface area contributed by atoms with Crippen molar-refractivity contribution in [3.63, 3.8) is 0 Å². The number of morpholine rings is 1. The van der Waals surface area contributed by atoms with E-state index in [1.54, 1.807) is 12.4 Å². The smallest absolute Gasteiger partial charge is 0.149 e. The lowest BCUT2D eigenvalue weighted by Crippen LogP contribution is -2.36. The Morgan fingerprint density at radius 1 is 1.00 bits per heavy atom. The van der Waals surface area contributed by atoms with E-state index in [4.69, 9.17) is 9.47 Å². The SMILES string of the molecule is Cc1nc(CC2CCC(Oc3cc(N4CCOCC4)cc4nccnc34)CC2)cc(N(C)C)n1. The van der Waals surface area contributed by atoms with Crippen molar-refractivity contribution in [2.75, 3.05) is 50.2 Å². The molecule has 0 atom stereocenters. The molecule has 0 unspecified atom stereocenters. The average molecular weight is 463 g/mol. The van der Waals surface area contributed by atoms with Crippen molar-refractivity contribution in [3.05, 3.63) is 42.1 Å². The van der Waals surface area contributed by atoms with E-state index < -0.39 is 0 Å². The summed E-state index contributed by atoms with van der Waals surface area (Å²) >= 11 is 0. The van der Waals surface area contributed by atoms with Crippen molar-refractivity contribution in [2.45, 2.75) is 45.1 Å². The fourth-order valence-electron chi connectivity index (χ4n) is 5.00. The van der Waals surface area contributed by atoms with E-state index in [-0.39, 0.29) is 6.10 Å². The lowest BCUT2D eigenvalue weighted by Gasteiger charge is -2.31. The van der Waals surface area contributed by atoms with E-state index in [1.807, 2.05) is 25.9 Å². The summed E-state index contributed by atoms with van der Waals surface area (Å²) in [6.07, 6.45) is 9.04. The fraction of sp³-hybridized carbons (Fsp3) is 0.538. The van der Waals surface area contributed by atoms with Crippen LogP contribution >= 0.6 is 0 Å². The zero-order valence-electron chi connectivity index (χ0n) is 20.4. The van der Waals surface area contributed by atoms with Crippen LogP contribution in [0.1, 0.15) is 37.2 Å². The van der Waals surface area contributed by atoms with Crippen LogP contribution < -0.4 is 14.5 Å². The molecule has 8 heteroatoms. The summed E-state index contributed by atoms with van der Waals surface area (Å²) in [6.45, 7) is 5.24. The summed E-state index contributed by atoms with van der Waals surface area (Å²) in [6, 6.07) is 6.38. The van der Waals surface area contributed by atoms with Gasteiger partial charge >= 0.3 is 0 Å². The molecule has 0 bridgehead atoms. The van der Waals surface area contributed by atoms with Crippen LogP contribution in [0.5, 0.6) is 5.75 Å². The molecule has 180 valence electrons. The quantitative estimate of drug-likeness (QED) is 0.547. The molecule has 1 saturated heterocycles. The minimum absolute atomic E-state index is 0.200. The summed E-state index contributed by atoms with van der Waals surface area (Å²) in [5, 5.41) is 0. The standard InChI is InChI=1S/C26H34N6O2/c1-18-29-20(15-25(30-18)31(2)3)14-19-4-6-22(7-5-19)34-24-17-21(32-10-12-33-13-11-32)16-23-26(24)28-9-8-27-23/h8-9,15-17,19,22H,4-7,10-14H2,1-3H3. The highest BCUT2D eigenvalue weighted by atomic mass is 16.5. The summed E-state index contributed by atoms with van der Waals surface area (Å²) < 4.78 is 12.1. The first-order valence-corrected chi connectivity index (χ1v) is 12.3. The third kappa shape index (κ3) is 5.22. The van der Waals surface area contributed by atoms with Crippen molar-refractivity contribution < 1.29 is 9.47 Å². The largest absolute Gasteiger partial charge is 0.488 e. The van der Waals surface area contributed by atoms with E-state index in [2.05, 4.69) is 43.0 Å². The second kappa shape index (κ2) is 10.1. The monoisotopic (exact) mass is 462 g/mol. The topological polar surface area (TPSA) is 76.5 Å². The van der Waals surface area contributed by atoms with Gasteiger partial charge in [0.25, 0.3) is 0 Å². The first-order valence-electron chi connectivity index (χ1n) is 12.3. The molecule has 5 rings (SSSR count). The highest BCUT2D eigenvalue weighted by molar-refractivity contribution is 5.85. The van der Waals surface area contributed by atoms with Crippen molar-refractivity contribution in [3.8, 4) is 5.75 Å². The van der Waals surface area contributed by atoms with Gasteiger partial charge in [0.2, 0.25) is 0 Å². The zero-order chi connectivity index (χ0) is 23.5. The van der Waals surface area contributed by atoms with Crippen LogP contribution in [0.4, 0.5) is 11.5 Å². The zero-order valence-corrected chi connectivity index (χ0v) is 20.4. The maximum Gasteiger partial charge on any atom is 0.149 e. The molecule has 0 radical (unpaired) electrons. The van der Waals surface area contributed by atoms with Crippen LogP contribution in [0.3, 0.4) is 0 Å². The second-order valence-electron chi connectivity index (χ2n) is 9.59. The Bertz CT molecular complexity index is 1120. The van der Waals surface area contributed by atoms with Crippen molar-refractivity contribution in [2.24, 2.45) is 5.92 Å². The lowest BCUT2D eigenvalue weighted by molar-refractivity contribution is 0.122. The molecule has 0 spiro atoms. The number of hydrogen-bond acceptors (Lipinski definition) is 8. The number of benzene rings is 1. The minimum Gasteiger partial charge on any atom is -0.488 e. The molecular weight excluding hydrogens is 428 g/mol. The summed E-state index contributed by atoms with van der Waals surface area (Å²) in [5.41, 5.74) is 4.00. The minimum atomic E-state index is 0.200. The van der Waals surface area contributed by atoms with Crippen molar-refractivity contribution in [1.29, 1.82) is 0 Å². The first-order chi connectivity index (χ1) is 16.5. The second-order valence-corrected chi connectivity index (χ2v) is 9.59. The van der Waals surface area contributed by atoms with Crippen molar-refractivity contribution >= 4 is 22.5 Å². The van der Waals surface area contributed by atoms with Gasteiger partial charge in [0.15, 0.2) is 0 Å². The van der Waals surface area contributed by atoms with Gasteiger partial charge in [-0.2, -0.15) is 0 Å². The van der Waals surface area contributed by atoms with Gasteiger partial charge < -0.3 is 19.3 Å². The molecule has 1 aliphatic carbocycles. The summed E-state index contributed by atoms with van der Waals surface area (Å²) in [5.74, 6) is 3.29. The van der Waals surface area contributed by atoms with E-state index in [1.165, 1.54) is 0 Å². The summed E-state index contributed by atoms with van der Waals surface area (Å²) in [4.78, 5) is 22.7. The number of hydrogen-bond donors (Lipinski definition) is 0. The first kappa shape index (κ1) is 22.8. The van der Waals surface area contributed by atoms with Gasteiger partial charge in [0, 0.05) is 63.1 Å². The third-order valence-electron chi connectivity index (χ3n) is 6.82. The Morgan fingerprint density at radius 2 is 1.76 bits per heavy atom. The maximum atomic E-state index is 6.58. The Labute approximate surface area is 201 Å². The summed E-state index contributed by atoms with van der Waals surface area (Å²) in [7, 11) is 4.05. The third-order valence-corrected chi connectivity index (χ3v) is 6.82. The molecular formula is C26H34N6O2. The predicted molar refractivity (Wildman–Crippen MR) is 134 cm³/mol. The Hall–Kier alpha value is -3.00. The number of aryl methyl sites for hydroxylation is 1. The highest BCUT2D eigenvalue weighted by Gasteiger charge is 2.25. The number of aromatic nitrogens is 4. The number of anilines is 2. The van der Waals surface area contributed by atoms with Gasteiger partial charge in [-0.25, -0.2) is 15.0 Å². The molecule has 2 fully saturated rings. The van der Waals surface area contributed by atoms with Gasteiger partial charge in [0.1, 0.15) is 22.9 Å². The van der Waals surface area contributed by atoms with Crippen molar-refractivity contribution in [1.82, 2.24) is 19.9 Å². The van der Waals surface area contributed by atoms with Gasteiger partial charge in [0.05, 0.1) is 24.8 Å². The van der Waals surface area contributed by atoms with Crippen LogP contribution in [0.2, 0.25) is 0 Å². The Morgan fingerprint density at radius 3 is 2.53 bits per heavy atom. The number of nitrogens with zero attached hydrogens (tertiary/aromatic N) is 6. The van der Waals surface area contributed by atoms with E-state index in [0.29, 0.717) is 5.92 Å². The molecule has 1 aliphatic heterocycles. The van der Waals surface area contributed by atoms with E-state index in [0.717, 1.165) is 98.2 Å². The molecule has 2 aromatic heterocycles. The van der Waals surface area contributed by atoms with Crippen LogP contribution in [-0.4, -0.2) is 66.4 Å². The number of fused-ring (bicyclic) bond motifs is 1. The molecule has 1 saturated carbocycles. The molecule has 3 heterocycles. The lowest BCUT2D eigenvalue weighted by atomic mass is 9.84. The van der Waals surface area contributed by atoms with Crippen LogP contribution in [0.15, 0.2) is 30.6 Å². The normalized spacial score (nSPS) is 21.0. The molecule has 1 aromatic carbocycles. The molecule has 0 N–H and O–H groups in total. The van der Waals surface area contributed by atoms with Crippen LogP contribution in [0.25, 0.3) is 11.0 Å². The number of rotatable bonds is 6. The molecule has 3 aromatic rings. The van der Waals surface area contributed by atoms with Crippen LogP contribution in [0, 0.1) is 12.8 Å².